The molecule has 40 heavy (non-hydrogen) atoms. The van der Waals surface area contributed by atoms with E-state index in [0.29, 0.717) is 19.5 Å². The highest BCUT2D eigenvalue weighted by atomic mass is 19.1. The third-order valence-corrected chi connectivity index (χ3v) is 7.89. The first-order valence-corrected chi connectivity index (χ1v) is 13.7. The van der Waals surface area contributed by atoms with Gasteiger partial charge in [0, 0.05) is 43.5 Å². The van der Waals surface area contributed by atoms with Crippen molar-refractivity contribution in [2.45, 2.75) is 63.3 Å². The summed E-state index contributed by atoms with van der Waals surface area (Å²) in [6.07, 6.45) is 5.31. The van der Waals surface area contributed by atoms with Crippen molar-refractivity contribution in [1.82, 2.24) is 25.7 Å². The molecule has 5 rings (SSSR count). The van der Waals surface area contributed by atoms with Crippen LogP contribution in [0.1, 0.15) is 61.3 Å². The van der Waals surface area contributed by atoms with Crippen molar-refractivity contribution in [3.8, 4) is 11.3 Å². The molecule has 0 bridgehead atoms. The molecule has 1 aliphatic carbocycles. The van der Waals surface area contributed by atoms with E-state index in [0.717, 1.165) is 43.5 Å². The molecule has 1 aromatic carbocycles. The SMILES string of the molecule is C[C@H](NC(=O)[C@H]1CN([C@H]2CCCC[C@@H]2O)CC[C@@H]1NC(=O)c1cc(-c2ccc(F)cc2F)on1)c1ccccn1. The van der Waals surface area contributed by atoms with Crippen molar-refractivity contribution in [1.29, 1.82) is 0 Å². The summed E-state index contributed by atoms with van der Waals surface area (Å²) in [5.41, 5.74) is 0.618. The number of nitrogens with one attached hydrogen (secondary N) is 2. The van der Waals surface area contributed by atoms with E-state index in [2.05, 4.69) is 25.7 Å². The Labute approximate surface area is 231 Å². The predicted molar refractivity (Wildman–Crippen MR) is 142 cm³/mol. The average Bonchev–Trinajstić information content (AvgIpc) is 3.44. The van der Waals surface area contributed by atoms with E-state index < -0.39 is 35.6 Å². The first kappa shape index (κ1) is 27.9. The van der Waals surface area contributed by atoms with Crippen molar-refractivity contribution in [2.24, 2.45) is 5.92 Å². The molecule has 0 unspecified atom stereocenters. The highest BCUT2D eigenvalue weighted by Crippen LogP contribution is 2.29. The smallest absolute Gasteiger partial charge is 0.273 e. The van der Waals surface area contributed by atoms with E-state index in [1.807, 2.05) is 19.1 Å². The number of halogens is 2. The molecule has 212 valence electrons. The van der Waals surface area contributed by atoms with Crippen LogP contribution in [0.5, 0.6) is 0 Å². The van der Waals surface area contributed by atoms with Crippen LogP contribution in [-0.4, -0.2) is 63.2 Å². The molecular weight excluding hydrogens is 520 g/mol. The number of aliphatic hydroxyl groups is 1. The van der Waals surface area contributed by atoms with Gasteiger partial charge in [0.1, 0.15) is 11.6 Å². The van der Waals surface area contributed by atoms with Gasteiger partial charge in [-0.05, 0) is 50.5 Å². The minimum atomic E-state index is -0.834. The van der Waals surface area contributed by atoms with Crippen LogP contribution in [0.2, 0.25) is 0 Å². The second-order valence-corrected chi connectivity index (χ2v) is 10.6. The first-order valence-electron chi connectivity index (χ1n) is 13.7. The molecule has 1 saturated carbocycles. The Kier molecular flexibility index (Phi) is 8.51. The minimum absolute atomic E-state index is 0.0118. The zero-order valence-corrected chi connectivity index (χ0v) is 22.2. The Bertz CT molecular complexity index is 1340. The Morgan fingerprint density at radius 3 is 2.70 bits per heavy atom. The molecule has 1 saturated heterocycles. The lowest BCUT2D eigenvalue weighted by molar-refractivity contribution is -0.129. The standard InChI is InChI=1S/C29H33F2N5O4/c1-17(22-6-4-5-12-32-22)33-28(38)20-16-36(25-7-2-3-8-26(25)37)13-11-23(20)34-29(39)24-15-27(40-35-24)19-10-9-18(30)14-21(19)31/h4-6,9-10,12,14-15,17,20,23,25-26,37H,2-3,7-8,11,13,16H2,1H3,(H,33,38)(H,34,39)/t17-,20-,23-,25-,26-/m0/s1. The number of nitrogens with zero attached hydrogens (tertiary/aromatic N) is 3. The molecule has 11 heteroatoms. The lowest BCUT2D eigenvalue weighted by atomic mass is 9.85. The van der Waals surface area contributed by atoms with Gasteiger partial charge in [0.2, 0.25) is 5.91 Å². The van der Waals surface area contributed by atoms with E-state index in [1.165, 1.54) is 12.1 Å². The maximum Gasteiger partial charge on any atom is 0.273 e. The van der Waals surface area contributed by atoms with E-state index in [4.69, 9.17) is 4.52 Å². The van der Waals surface area contributed by atoms with E-state index in [1.54, 1.807) is 12.3 Å². The topological polar surface area (TPSA) is 121 Å². The molecule has 5 atom stereocenters. The monoisotopic (exact) mass is 553 g/mol. The van der Waals surface area contributed by atoms with Gasteiger partial charge in [0.05, 0.1) is 29.3 Å². The van der Waals surface area contributed by atoms with Crippen molar-refractivity contribution in [3.63, 3.8) is 0 Å². The largest absolute Gasteiger partial charge is 0.391 e. The first-order chi connectivity index (χ1) is 19.3. The van der Waals surface area contributed by atoms with Gasteiger partial charge in [-0.15, -0.1) is 0 Å². The summed E-state index contributed by atoms with van der Waals surface area (Å²) in [4.78, 5) is 33.2. The fourth-order valence-corrected chi connectivity index (χ4v) is 5.70. The van der Waals surface area contributed by atoms with Crippen LogP contribution in [0, 0.1) is 17.6 Å². The van der Waals surface area contributed by atoms with Crippen molar-refractivity contribution in [3.05, 3.63) is 71.7 Å². The quantitative estimate of drug-likeness (QED) is 0.409. The maximum atomic E-state index is 14.2. The molecule has 9 nitrogen and oxygen atoms in total. The molecular formula is C29H33F2N5O4. The Morgan fingerprint density at radius 2 is 1.95 bits per heavy atom. The lowest BCUT2D eigenvalue weighted by Crippen LogP contribution is -2.59. The van der Waals surface area contributed by atoms with Gasteiger partial charge < -0.3 is 20.3 Å². The van der Waals surface area contributed by atoms with E-state index in [9.17, 15) is 23.5 Å². The normalized spacial score (nSPS) is 24.3. The highest BCUT2D eigenvalue weighted by Gasteiger charge is 2.40. The van der Waals surface area contributed by atoms with Crippen LogP contribution in [0.3, 0.4) is 0 Å². The number of carbonyl (C=O) groups is 2. The number of piperidine rings is 1. The highest BCUT2D eigenvalue weighted by molar-refractivity contribution is 5.94. The molecule has 2 amide bonds. The molecule has 2 aromatic heterocycles. The number of pyridine rings is 1. The predicted octanol–water partition coefficient (Wildman–Crippen LogP) is 3.62. The van der Waals surface area contributed by atoms with Crippen LogP contribution >= 0.6 is 0 Å². The van der Waals surface area contributed by atoms with E-state index in [-0.39, 0.29) is 35.0 Å². The number of rotatable bonds is 7. The van der Waals surface area contributed by atoms with Crippen molar-refractivity contribution in [2.75, 3.05) is 13.1 Å². The zero-order chi connectivity index (χ0) is 28.2. The third-order valence-electron chi connectivity index (χ3n) is 7.89. The summed E-state index contributed by atoms with van der Waals surface area (Å²) < 4.78 is 32.7. The Balaban J connectivity index is 1.32. The molecule has 3 aromatic rings. The van der Waals surface area contributed by atoms with Gasteiger partial charge in [-0.3, -0.25) is 19.5 Å². The lowest BCUT2D eigenvalue weighted by Gasteiger charge is -2.44. The van der Waals surface area contributed by atoms with Gasteiger partial charge in [-0.1, -0.05) is 24.1 Å². The summed E-state index contributed by atoms with van der Waals surface area (Å²) in [6, 6.07) is 8.93. The number of benzene rings is 1. The minimum Gasteiger partial charge on any atom is -0.391 e. The molecule has 2 fully saturated rings. The molecule has 3 N–H and O–H groups in total. The summed E-state index contributed by atoms with van der Waals surface area (Å²) in [6.45, 7) is 2.83. The van der Waals surface area contributed by atoms with Crippen molar-refractivity contribution >= 4 is 11.8 Å². The molecule has 3 heterocycles. The second-order valence-electron chi connectivity index (χ2n) is 10.6. The molecule has 0 radical (unpaired) electrons. The number of likely N-dealkylation sites (tertiary alicyclic amines) is 1. The summed E-state index contributed by atoms with van der Waals surface area (Å²) in [5, 5.41) is 20.4. The van der Waals surface area contributed by atoms with Crippen LogP contribution in [0.15, 0.2) is 53.2 Å². The second kappa shape index (κ2) is 12.2. The van der Waals surface area contributed by atoms with E-state index >= 15 is 0 Å². The van der Waals surface area contributed by atoms with Gasteiger partial charge in [-0.2, -0.15) is 0 Å². The van der Waals surface area contributed by atoms with Gasteiger partial charge >= 0.3 is 0 Å². The van der Waals surface area contributed by atoms with Crippen LogP contribution < -0.4 is 10.6 Å². The molecule has 1 aliphatic heterocycles. The Morgan fingerprint density at radius 1 is 1.12 bits per heavy atom. The van der Waals surface area contributed by atoms with Gasteiger partial charge in [0.25, 0.3) is 5.91 Å². The number of hydrogen-bond donors (Lipinski definition) is 3. The Hall–Kier alpha value is -3.70. The van der Waals surface area contributed by atoms with Gasteiger partial charge in [-0.25, -0.2) is 8.78 Å². The fraction of sp³-hybridized carbons (Fsp3) is 0.448. The number of aromatic nitrogens is 2. The summed E-state index contributed by atoms with van der Waals surface area (Å²) in [7, 11) is 0. The molecule has 2 aliphatic rings. The summed E-state index contributed by atoms with van der Waals surface area (Å²) >= 11 is 0. The fourth-order valence-electron chi connectivity index (χ4n) is 5.70. The van der Waals surface area contributed by atoms with Crippen LogP contribution in [-0.2, 0) is 4.79 Å². The van der Waals surface area contributed by atoms with Crippen molar-refractivity contribution < 1.29 is 28.0 Å². The third kappa shape index (κ3) is 6.20. The molecule has 0 spiro atoms. The van der Waals surface area contributed by atoms with Gasteiger partial charge in [0.15, 0.2) is 11.5 Å². The average molecular weight is 554 g/mol. The van der Waals surface area contributed by atoms with Crippen LogP contribution in [0.4, 0.5) is 8.78 Å². The maximum absolute atomic E-state index is 14.2. The zero-order valence-electron chi connectivity index (χ0n) is 22.2. The van der Waals surface area contributed by atoms with Crippen LogP contribution in [0.25, 0.3) is 11.3 Å². The number of amides is 2. The number of aliphatic hydroxyl groups excluding tert-OH is 1. The summed E-state index contributed by atoms with van der Waals surface area (Å²) in [5.74, 6) is -2.97. The number of hydrogen-bond acceptors (Lipinski definition) is 7. The number of carbonyl (C=O) groups excluding carboxylic acids is 2.